The van der Waals surface area contributed by atoms with Crippen molar-refractivity contribution in [2.45, 2.75) is 19.8 Å². The number of aromatic nitrogens is 2. The van der Waals surface area contributed by atoms with Crippen molar-refractivity contribution in [2.75, 3.05) is 52.0 Å². The first-order valence-electron chi connectivity index (χ1n) is 10.0. The fourth-order valence-electron chi connectivity index (χ4n) is 3.53. The van der Waals surface area contributed by atoms with Crippen LogP contribution in [0, 0.1) is 0 Å². The molecule has 2 aliphatic heterocycles. The molecule has 2 aromatic rings. The standard InChI is InChI=1S/C21H27N5O3/c1-4-25(2)9-10-26(3)20-15-7-8-22-21(27)19(15)23-18(24-20)12-14-5-6-16-17(11-14)29-13-28-16/h5-6,11H,4,7-10,12-13H2,1-3H3,(H,22,27). The van der Waals surface area contributed by atoms with E-state index < -0.39 is 0 Å². The molecule has 1 aromatic carbocycles. The molecule has 0 bridgehead atoms. The number of ether oxygens (including phenoxy) is 2. The Morgan fingerprint density at radius 2 is 1.97 bits per heavy atom. The number of benzene rings is 1. The summed E-state index contributed by atoms with van der Waals surface area (Å²) in [5.74, 6) is 2.84. The summed E-state index contributed by atoms with van der Waals surface area (Å²) in [7, 11) is 4.13. The SMILES string of the molecule is CCN(C)CCN(C)c1nc(Cc2ccc3c(c2)OCO3)nc2c1CCNC2=O. The highest BCUT2D eigenvalue weighted by atomic mass is 16.7. The molecule has 0 radical (unpaired) electrons. The Hall–Kier alpha value is -2.87. The van der Waals surface area contributed by atoms with Crippen molar-refractivity contribution < 1.29 is 14.3 Å². The quantitative estimate of drug-likeness (QED) is 0.758. The number of hydrogen-bond donors (Lipinski definition) is 1. The summed E-state index contributed by atoms with van der Waals surface area (Å²) in [5, 5.41) is 2.90. The molecule has 1 N–H and O–H groups in total. The molecule has 1 aromatic heterocycles. The third-order valence-corrected chi connectivity index (χ3v) is 5.42. The van der Waals surface area contributed by atoms with Gasteiger partial charge in [-0.15, -0.1) is 0 Å². The van der Waals surface area contributed by atoms with Gasteiger partial charge in [-0.3, -0.25) is 4.79 Å². The maximum absolute atomic E-state index is 12.5. The summed E-state index contributed by atoms with van der Waals surface area (Å²) in [6, 6.07) is 5.83. The Kier molecular flexibility index (Phi) is 5.53. The van der Waals surface area contributed by atoms with Gasteiger partial charge >= 0.3 is 0 Å². The van der Waals surface area contributed by atoms with E-state index in [1.54, 1.807) is 0 Å². The van der Waals surface area contributed by atoms with Crippen molar-refractivity contribution in [3.63, 3.8) is 0 Å². The second-order valence-corrected chi connectivity index (χ2v) is 7.48. The molecular weight excluding hydrogens is 370 g/mol. The lowest BCUT2D eigenvalue weighted by molar-refractivity contribution is 0.0940. The van der Waals surface area contributed by atoms with Gasteiger partial charge in [-0.2, -0.15) is 0 Å². The van der Waals surface area contributed by atoms with Gasteiger partial charge in [-0.1, -0.05) is 13.0 Å². The van der Waals surface area contributed by atoms with E-state index in [4.69, 9.17) is 14.5 Å². The molecule has 0 unspecified atom stereocenters. The number of anilines is 1. The van der Waals surface area contributed by atoms with Gasteiger partial charge in [0.2, 0.25) is 6.79 Å². The molecule has 0 saturated heterocycles. The number of rotatable bonds is 7. The summed E-state index contributed by atoms with van der Waals surface area (Å²) < 4.78 is 10.9. The van der Waals surface area contributed by atoms with Crippen LogP contribution >= 0.6 is 0 Å². The van der Waals surface area contributed by atoms with Gasteiger partial charge in [0, 0.05) is 38.7 Å². The molecule has 0 spiro atoms. The van der Waals surface area contributed by atoms with E-state index in [-0.39, 0.29) is 12.7 Å². The van der Waals surface area contributed by atoms with Crippen molar-refractivity contribution in [3.05, 3.63) is 40.8 Å². The normalized spacial score (nSPS) is 14.7. The molecule has 154 valence electrons. The van der Waals surface area contributed by atoms with Crippen LogP contribution in [0.15, 0.2) is 18.2 Å². The number of nitrogens with zero attached hydrogens (tertiary/aromatic N) is 4. The summed E-state index contributed by atoms with van der Waals surface area (Å²) in [6.07, 6.45) is 1.27. The zero-order valence-electron chi connectivity index (χ0n) is 17.2. The van der Waals surface area contributed by atoms with Crippen LogP contribution in [-0.2, 0) is 12.8 Å². The van der Waals surface area contributed by atoms with Gasteiger partial charge in [-0.25, -0.2) is 9.97 Å². The predicted molar refractivity (Wildman–Crippen MR) is 110 cm³/mol. The van der Waals surface area contributed by atoms with Gasteiger partial charge in [0.05, 0.1) is 0 Å². The molecule has 0 saturated carbocycles. The Bertz CT molecular complexity index is 917. The van der Waals surface area contributed by atoms with Crippen LogP contribution in [0.25, 0.3) is 0 Å². The summed E-state index contributed by atoms with van der Waals surface area (Å²) in [5.41, 5.74) is 2.45. The van der Waals surface area contributed by atoms with Gasteiger partial charge in [0.1, 0.15) is 17.3 Å². The number of likely N-dealkylation sites (N-methyl/N-ethyl adjacent to an activating group) is 2. The Morgan fingerprint density at radius 1 is 1.14 bits per heavy atom. The molecule has 0 aliphatic carbocycles. The van der Waals surface area contributed by atoms with E-state index in [0.717, 1.165) is 54.5 Å². The largest absolute Gasteiger partial charge is 0.454 e. The molecule has 3 heterocycles. The molecule has 1 amide bonds. The van der Waals surface area contributed by atoms with Gasteiger partial charge in [0.15, 0.2) is 11.5 Å². The van der Waals surface area contributed by atoms with Crippen LogP contribution < -0.4 is 19.7 Å². The van der Waals surface area contributed by atoms with E-state index in [9.17, 15) is 4.79 Å². The van der Waals surface area contributed by atoms with E-state index >= 15 is 0 Å². The maximum Gasteiger partial charge on any atom is 0.270 e. The number of carbonyl (C=O) groups excluding carboxylic acids is 1. The lowest BCUT2D eigenvalue weighted by Gasteiger charge is -2.27. The van der Waals surface area contributed by atoms with Gasteiger partial charge in [-0.05, 0) is 37.7 Å². The average Bonchev–Trinajstić information content (AvgIpc) is 3.19. The Labute approximate surface area is 170 Å². The maximum atomic E-state index is 12.5. The van der Waals surface area contributed by atoms with Crippen LogP contribution in [0.5, 0.6) is 11.5 Å². The number of nitrogens with one attached hydrogen (secondary N) is 1. The first-order chi connectivity index (χ1) is 14.0. The topological polar surface area (TPSA) is 79.8 Å². The average molecular weight is 397 g/mol. The third kappa shape index (κ3) is 4.12. The minimum atomic E-state index is -0.124. The molecule has 2 aliphatic rings. The zero-order chi connectivity index (χ0) is 20.4. The molecule has 4 rings (SSSR count). The fourth-order valence-corrected chi connectivity index (χ4v) is 3.53. The summed E-state index contributed by atoms with van der Waals surface area (Å²) in [4.78, 5) is 26.3. The smallest absolute Gasteiger partial charge is 0.270 e. The lowest BCUT2D eigenvalue weighted by atomic mass is 10.0. The van der Waals surface area contributed by atoms with E-state index in [1.165, 1.54) is 0 Å². The molecule has 0 atom stereocenters. The van der Waals surface area contributed by atoms with E-state index in [2.05, 4.69) is 34.1 Å². The van der Waals surface area contributed by atoms with Crippen molar-refractivity contribution in [2.24, 2.45) is 0 Å². The first kappa shape index (κ1) is 19.4. The third-order valence-electron chi connectivity index (χ3n) is 5.42. The van der Waals surface area contributed by atoms with Crippen LogP contribution in [0.4, 0.5) is 5.82 Å². The molecule has 0 fully saturated rings. The highest BCUT2D eigenvalue weighted by molar-refractivity contribution is 5.96. The van der Waals surface area contributed by atoms with Crippen LogP contribution in [0.2, 0.25) is 0 Å². The van der Waals surface area contributed by atoms with Crippen molar-refractivity contribution in [1.29, 1.82) is 0 Å². The molecule has 29 heavy (non-hydrogen) atoms. The summed E-state index contributed by atoms with van der Waals surface area (Å²) in [6.45, 7) is 5.75. The number of hydrogen-bond acceptors (Lipinski definition) is 7. The number of carbonyl (C=O) groups is 1. The van der Waals surface area contributed by atoms with Crippen LogP contribution in [0.3, 0.4) is 0 Å². The fraction of sp³-hybridized carbons (Fsp3) is 0.476. The molecule has 8 nitrogen and oxygen atoms in total. The monoisotopic (exact) mass is 397 g/mol. The van der Waals surface area contributed by atoms with Crippen molar-refractivity contribution in [1.82, 2.24) is 20.2 Å². The minimum Gasteiger partial charge on any atom is -0.454 e. The lowest BCUT2D eigenvalue weighted by Crippen LogP contribution is -2.37. The number of amides is 1. The second kappa shape index (κ2) is 8.24. The summed E-state index contributed by atoms with van der Waals surface area (Å²) >= 11 is 0. The molecule has 8 heteroatoms. The zero-order valence-corrected chi connectivity index (χ0v) is 17.2. The highest BCUT2D eigenvalue weighted by Crippen LogP contribution is 2.33. The highest BCUT2D eigenvalue weighted by Gasteiger charge is 2.25. The second-order valence-electron chi connectivity index (χ2n) is 7.48. The van der Waals surface area contributed by atoms with Gasteiger partial charge in [0.25, 0.3) is 5.91 Å². The number of fused-ring (bicyclic) bond motifs is 2. The van der Waals surface area contributed by atoms with Crippen molar-refractivity contribution in [3.8, 4) is 11.5 Å². The predicted octanol–water partition coefficient (Wildman–Crippen LogP) is 1.47. The van der Waals surface area contributed by atoms with Crippen molar-refractivity contribution >= 4 is 11.7 Å². The first-order valence-corrected chi connectivity index (χ1v) is 10.0. The van der Waals surface area contributed by atoms with Crippen LogP contribution in [-0.4, -0.2) is 67.8 Å². The Morgan fingerprint density at radius 3 is 2.79 bits per heavy atom. The Balaban J connectivity index is 1.64. The van der Waals surface area contributed by atoms with Crippen LogP contribution in [0.1, 0.15) is 34.4 Å². The minimum absolute atomic E-state index is 0.124. The van der Waals surface area contributed by atoms with E-state index in [1.807, 2.05) is 25.2 Å². The molecular formula is C21H27N5O3. The van der Waals surface area contributed by atoms with Gasteiger partial charge < -0.3 is 24.6 Å². The van der Waals surface area contributed by atoms with E-state index in [0.29, 0.717) is 24.5 Å².